The highest BCUT2D eigenvalue weighted by molar-refractivity contribution is 5.71. The molecule has 2 heteroatoms. The van der Waals surface area contributed by atoms with E-state index in [9.17, 15) is 4.79 Å². The van der Waals surface area contributed by atoms with E-state index >= 15 is 0 Å². The number of rotatable bonds is 10. The van der Waals surface area contributed by atoms with E-state index in [2.05, 4.69) is 13.8 Å². The van der Waals surface area contributed by atoms with Gasteiger partial charge in [0.1, 0.15) is 0 Å². The number of carbonyl (C=O) groups excluding carboxylic acids is 1. The van der Waals surface area contributed by atoms with Crippen LogP contribution in [0.3, 0.4) is 0 Å². The van der Waals surface area contributed by atoms with Crippen LogP contribution in [0.4, 0.5) is 0 Å². The average molecular weight is 228 g/mol. The van der Waals surface area contributed by atoms with Gasteiger partial charge in [0.15, 0.2) is 0 Å². The zero-order chi connectivity index (χ0) is 12.2. The molecule has 0 aliphatic rings. The van der Waals surface area contributed by atoms with E-state index in [1.807, 2.05) is 6.92 Å². The molecule has 0 heterocycles. The first-order valence-corrected chi connectivity index (χ1v) is 6.89. The second kappa shape index (κ2) is 11.0. The molecule has 1 unspecified atom stereocenters. The summed E-state index contributed by atoms with van der Waals surface area (Å²) < 4.78 is 5.24. The molecule has 16 heavy (non-hydrogen) atoms. The Morgan fingerprint density at radius 1 is 1.00 bits per heavy atom. The van der Waals surface area contributed by atoms with Crippen LogP contribution in [0.2, 0.25) is 0 Å². The van der Waals surface area contributed by atoms with Crippen molar-refractivity contribution in [2.45, 2.75) is 72.1 Å². The van der Waals surface area contributed by atoms with Crippen LogP contribution in [0.15, 0.2) is 0 Å². The zero-order valence-electron chi connectivity index (χ0n) is 11.3. The molecular weight excluding hydrogens is 200 g/mol. The molecular formula is C14H28O2. The quantitative estimate of drug-likeness (QED) is 0.411. The molecule has 0 aliphatic heterocycles. The van der Waals surface area contributed by atoms with Gasteiger partial charge in [-0.05, 0) is 12.8 Å². The normalized spacial score (nSPS) is 12.4. The molecule has 0 aromatic rings. The van der Waals surface area contributed by atoms with Gasteiger partial charge >= 0.3 is 5.97 Å². The zero-order valence-corrected chi connectivity index (χ0v) is 11.3. The van der Waals surface area contributed by atoms with Gasteiger partial charge in [-0.2, -0.15) is 0 Å². The Kier molecular flexibility index (Phi) is 10.6. The summed E-state index contributed by atoms with van der Waals surface area (Å²) in [7, 11) is 0. The molecule has 0 aliphatic carbocycles. The number of ether oxygens (including phenoxy) is 1. The first-order chi connectivity index (χ1) is 7.72. The van der Waals surface area contributed by atoms with Gasteiger partial charge in [-0.15, -0.1) is 0 Å². The lowest BCUT2D eigenvalue weighted by atomic mass is 10.0. The Morgan fingerprint density at radius 2 is 1.62 bits per heavy atom. The molecule has 0 saturated carbocycles. The van der Waals surface area contributed by atoms with Crippen LogP contribution in [-0.4, -0.2) is 12.6 Å². The van der Waals surface area contributed by atoms with Crippen LogP contribution in [0.5, 0.6) is 0 Å². The van der Waals surface area contributed by atoms with Gasteiger partial charge in [-0.1, -0.05) is 59.3 Å². The number of unbranched alkanes of at least 4 members (excludes halogenated alkanes) is 5. The topological polar surface area (TPSA) is 26.3 Å². The van der Waals surface area contributed by atoms with E-state index in [1.54, 1.807) is 0 Å². The van der Waals surface area contributed by atoms with Gasteiger partial charge in [0, 0.05) is 0 Å². The minimum Gasteiger partial charge on any atom is -0.465 e. The maximum Gasteiger partial charge on any atom is 0.308 e. The van der Waals surface area contributed by atoms with E-state index in [4.69, 9.17) is 4.74 Å². The SMILES string of the molecule is CCCCCCOC(=O)C(C)CCCCC. The van der Waals surface area contributed by atoms with Gasteiger partial charge < -0.3 is 4.74 Å². The summed E-state index contributed by atoms with van der Waals surface area (Å²) in [5.41, 5.74) is 0. The highest BCUT2D eigenvalue weighted by Gasteiger charge is 2.13. The van der Waals surface area contributed by atoms with Gasteiger partial charge in [0.05, 0.1) is 12.5 Å². The fraction of sp³-hybridized carbons (Fsp3) is 0.929. The third kappa shape index (κ3) is 8.75. The molecule has 0 radical (unpaired) electrons. The highest BCUT2D eigenvalue weighted by Crippen LogP contribution is 2.11. The molecule has 0 aromatic carbocycles. The van der Waals surface area contributed by atoms with Crippen LogP contribution < -0.4 is 0 Å². The summed E-state index contributed by atoms with van der Waals surface area (Å²) in [5, 5.41) is 0. The summed E-state index contributed by atoms with van der Waals surface area (Å²) in [6, 6.07) is 0. The Morgan fingerprint density at radius 3 is 2.25 bits per heavy atom. The second-order valence-corrected chi connectivity index (χ2v) is 4.62. The smallest absolute Gasteiger partial charge is 0.308 e. The highest BCUT2D eigenvalue weighted by atomic mass is 16.5. The molecule has 0 N–H and O–H groups in total. The monoisotopic (exact) mass is 228 g/mol. The second-order valence-electron chi connectivity index (χ2n) is 4.62. The maximum atomic E-state index is 11.5. The molecule has 0 saturated heterocycles. The molecule has 2 nitrogen and oxygen atoms in total. The Bertz CT molecular complexity index is 166. The predicted molar refractivity (Wildman–Crippen MR) is 68.4 cm³/mol. The third-order valence-corrected chi connectivity index (χ3v) is 2.89. The summed E-state index contributed by atoms with van der Waals surface area (Å²) in [6.45, 7) is 6.94. The molecule has 0 amide bonds. The molecule has 0 spiro atoms. The number of hydrogen-bond acceptors (Lipinski definition) is 2. The maximum absolute atomic E-state index is 11.5. The number of hydrogen-bond donors (Lipinski definition) is 0. The van der Waals surface area contributed by atoms with Crippen molar-refractivity contribution >= 4 is 5.97 Å². The van der Waals surface area contributed by atoms with E-state index in [1.165, 1.54) is 32.1 Å². The molecule has 0 bridgehead atoms. The molecule has 0 fully saturated rings. The minimum atomic E-state index is -0.00685. The van der Waals surface area contributed by atoms with Crippen molar-refractivity contribution in [3.05, 3.63) is 0 Å². The fourth-order valence-corrected chi connectivity index (χ4v) is 1.66. The standard InChI is InChI=1S/C14H28O2/c1-4-6-8-10-12-16-14(15)13(3)11-9-7-5-2/h13H,4-12H2,1-3H3. The largest absolute Gasteiger partial charge is 0.465 e. The van der Waals surface area contributed by atoms with Crippen molar-refractivity contribution in [1.82, 2.24) is 0 Å². The Labute approximate surface area is 101 Å². The number of esters is 1. The third-order valence-electron chi connectivity index (χ3n) is 2.89. The van der Waals surface area contributed by atoms with E-state index in [0.717, 1.165) is 19.3 Å². The Hall–Kier alpha value is -0.530. The van der Waals surface area contributed by atoms with Crippen molar-refractivity contribution in [2.75, 3.05) is 6.61 Å². The summed E-state index contributed by atoms with van der Waals surface area (Å²) >= 11 is 0. The molecule has 0 aromatic heterocycles. The van der Waals surface area contributed by atoms with Gasteiger partial charge in [0.2, 0.25) is 0 Å². The van der Waals surface area contributed by atoms with Gasteiger partial charge in [-0.25, -0.2) is 0 Å². The van der Waals surface area contributed by atoms with Crippen molar-refractivity contribution in [3.8, 4) is 0 Å². The molecule has 1 atom stereocenters. The van der Waals surface area contributed by atoms with Crippen LogP contribution >= 0.6 is 0 Å². The van der Waals surface area contributed by atoms with E-state index < -0.39 is 0 Å². The van der Waals surface area contributed by atoms with Crippen LogP contribution in [-0.2, 0) is 9.53 Å². The van der Waals surface area contributed by atoms with Crippen molar-refractivity contribution in [2.24, 2.45) is 5.92 Å². The lowest BCUT2D eigenvalue weighted by Crippen LogP contribution is -2.15. The average Bonchev–Trinajstić information content (AvgIpc) is 2.28. The van der Waals surface area contributed by atoms with Crippen molar-refractivity contribution in [1.29, 1.82) is 0 Å². The van der Waals surface area contributed by atoms with Crippen LogP contribution in [0, 0.1) is 5.92 Å². The van der Waals surface area contributed by atoms with Crippen molar-refractivity contribution in [3.63, 3.8) is 0 Å². The fourth-order valence-electron chi connectivity index (χ4n) is 1.66. The van der Waals surface area contributed by atoms with E-state index in [0.29, 0.717) is 6.61 Å². The Balaban J connectivity index is 3.40. The van der Waals surface area contributed by atoms with E-state index in [-0.39, 0.29) is 11.9 Å². The summed E-state index contributed by atoms with van der Waals surface area (Å²) in [6.07, 6.45) is 9.19. The lowest BCUT2D eigenvalue weighted by molar-refractivity contribution is -0.148. The first-order valence-electron chi connectivity index (χ1n) is 6.89. The van der Waals surface area contributed by atoms with Crippen LogP contribution in [0.1, 0.15) is 72.1 Å². The van der Waals surface area contributed by atoms with Gasteiger partial charge in [0.25, 0.3) is 0 Å². The lowest BCUT2D eigenvalue weighted by Gasteiger charge is -2.10. The minimum absolute atomic E-state index is 0.00685. The first kappa shape index (κ1) is 15.5. The molecule has 0 rings (SSSR count). The molecule has 96 valence electrons. The number of carbonyl (C=O) groups is 1. The summed E-state index contributed by atoms with van der Waals surface area (Å²) in [5.74, 6) is 0.0744. The predicted octanol–water partition coefficient (Wildman–Crippen LogP) is 4.33. The van der Waals surface area contributed by atoms with Crippen LogP contribution in [0.25, 0.3) is 0 Å². The van der Waals surface area contributed by atoms with Gasteiger partial charge in [-0.3, -0.25) is 4.79 Å². The summed E-state index contributed by atoms with van der Waals surface area (Å²) in [4.78, 5) is 11.5. The van der Waals surface area contributed by atoms with Crippen molar-refractivity contribution < 1.29 is 9.53 Å².